The number of nitrogens with one attached hydrogen (secondary N) is 2. The lowest BCUT2D eigenvalue weighted by molar-refractivity contribution is -0.393. The molecule has 0 amide bonds. The SMILES string of the molecule is CCCCCCCCCCCC(C)/C=C/[C@@H](O)C(CNC1C=C(CO)C(O)C(O)[C@H]1O)Nc1ccc([N+](=O)[O-])cc1[N+](=O)[O-]. The van der Waals surface area contributed by atoms with Crippen LogP contribution in [0.1, 0.15) is 78.1 Å². The maximum absolute atomic E-state index is 11.7. The number of nitro benzene ring substituents is 2. The number of rotatable bonds is 21. The second-order valence-corrected chi connectivity index (χ2v) is 11.7. The fourth-order valence-electron chi connectivity index (χ4n) is 5.31. The molecule has 1 aromatic carbocycles. The summed E-state index contributed by atoms with van der Waals surface area (Å²) in [6, 6.07) is 1.34. The normalized spacial score (nSPS) is 22.4. The van der Waals surface area contributed by atoms with Crippen LogP contribution in [-0.4, -0.2) is 85.0 Å². The van der Waals surface area contributed by atoms with Crippen molar-refractivity contribution >= 4 is 17.1 Å². The first-order valence-corrected chi connectivity index (χ1v) is 15.6. The Bertz CT molecular complexity index is 1100. The van der Waals surface area contributed by atoms with Crippen LogP contribution in [0.2, 0.25) is 0 Å². The van der Waals surface area contributed by atoms with E-state index in [1.54, 1.807) is 6.08 Å². The van der Waals surface area contributed by atoms with Crippen LogP contribution in [0.5, 0.6) is 0 Å². The van der Waals surface area contributed by atoms with Crippen LogP contribution in [0, 0.1) is 26.1 Å². The molecule has 0 fully saturated rings. The number of anilines is 1. The van der Waals surface area contributed by atoms with Crippen LogP contribution in [0.4, 0.5) is 17.1 Å². The van der Waals surface area contributed by atoms with E-state index in [9.17, 15) is 45.8 Å². The third-order valence-electron chi connectivity index (χ3n) is 8.11. The average molecular weight is 623 g/mol. The number of unbranched alkanes of at least 4 members (excludes halogenated alkanes) is 8. The average Bonchev–Trinajstić information content (AvgIpc) is 3.00. The summed E-state index contributed by atoms with van der Waals surface area (Å²) in [5.41, 5.74) is -0.935. The summed E-state index contributed by atoms with van der Waals surface area (Å²) < 4.78 is 0. The molecule has 0 aliphatic heterocycles. The molecule has 44 heavy (non-hydrogen) atoms. The Morgan fingerprint density at radius 1 is 0.932 bits per heavy atom. The molecule has 1 aliphatic carbocycles. The highest BCUT2D eigenvalue weighted by Crippen LogP contribution is 2.30. The van der Waals surface area contributed by atoms with Crippen molar-refractivity contribution in [1.29, 1.82) is 0 Å². The van der Waals surface area contributed by atoms with Crippen molar-refractivity contribution in [3.63, 3.8) is 0 Å². The zero-order valence-electron chi connectivity index (χ0n) is 25.8. The first kappa shape index (κ1) is 37.2. The van der Waals surface area contributed by atoms with Gasteiger partial charge in [-0.1, -0.05) is 89.9 Å². The number of benzene rings is 1. The quantitative estimate of drug-likeness (QED) is 0.0454. The fraction of sp³-hybridized carbons (Fsp3) is 0.677. The number of nitrogens with zero attached hydrogens (tertiary/aromatic N) is 2. The monoisotopic (exact) mass is 622 g/mol. The molecule has 13 nitrogen and oxygen atoms in total. The second kappa shape index (κ2) is 19.4. The summed E-state index contributed by atoms with van der Waals surface area (Å²) in [6.45, 7) is 3.64. The highest BCUT2D eigenvalue weighted by Gasteiger charge is 2.37. The number of hydrogen-bond donors (Lipinski definition) is 7. The van der Waals surface area contributed by atoms with Crippen molar-refractivity contribution in [2.75, 3.05) is 18.5 Å². The molecule has 1 aliphatic rings. The highest BCUT2D eigenvalue weighted by atomic mass is 16.6. The number of aliphatic hydroxyl groups excluding tert-OH is 5. The molecule has 7 N–H and O–H groups in total. The molecule has 0 aromatic heterocycles. The van der Waals surface area contributed by atoms with E-state index in [-0.39, 0.29) is 23.7 Å². The maximum Gasteiger partial charge on any atom is 0.299 e. The van der Waals surface area contributed by atoms with Crippen LogP contribution < -0.4 is 10.6 Å². The van der Waals surface area contributed by atoms with Crippen molar-refractivity contribution in [2.45, 2.75) is 115 Å². The van der Waals surface area contributed by atoms with Crippen LogP contribution in [0.15, 0.2) is 42.0 Å². The van der Waals surface area contributed by atoms with E-state index in [1.165, 1.54) is 57.1 Å². The van der Waals surface area contributed by atoms with Crippen LogP contribution >= 0.6 is 0 Å². The standard InChI is InChI=1S/C31H50N4O9/c1-3-4-5-6-7-8-9-10-11-12-21(2)13-16-28(37)26(19-32-25-17-22(20-36)29(38)31(40)30(25)39)33-24-15-14-23(34(41)42)18-27(24)35(43)44/h13-18,21,25-26,28-33,36-40H,3-12,19-20H2,1-2H3/b16-13+/t21?,25?,26?,28-,29?,30+,31?/m1/s1. The Kier molecular flexibility index (Phi) is 16.5. The van der Waals surface area contributed by atoms with Crippen molar-refractivity contribution in [1.82, 2.24) is 5.32 Å². The smallest absolute Gasteiger partial charge is 0.299 e. The van der Waals surface area contributed by atoms with Gasteiger partial charge in [0.25, 0.3) is 11.4 Å². The Balaban J connectivity index is 2.10. The van der Waals surface area contributed by atoms with Gasteiger partial charge in [0.2, 0.25) is 0 Å². The molecule has 0 saturated carbocycles. The predicted molar refractivity (Wildman–Crippen MR) is 168 cm³/mol. The zero-order valence-corrected chi connectivity index (χ0v) is 25.8. The Morgan fingerprint density at radius 2 is 1.57 bits per heavy atom. The predicted octanol–water partition coefficient (Wildman–Crippen LogP) is 3.73. The number of allylic oxidation sites excluding steroid dienone is 1. The van der Waals surface area contributed by atoms with Gasteiger partial charge in [-0.2, -0.15) is 0 Å². The van der Waals surface area contributed by atoms with E-state index < -0.39 is 64.3 Å². The number of non-ortho nitro benzene ring substituents is 1. The van der Waals surface area contributed by atoms with Gasteiger partial charge in [0.05, 0.1) is 40.7 Å². The molecule has 13 heteroatoms. The first-order valence-electron chi connectivity index (χ1n) is 15.6. The third kappa shape index (κ3) is 11.9. The molecule has 248 valence electrons. The summed E-state index contributed by atoms with van der Waals surface area (Å²) in [7, 11) is 0. The number of aliphatic hydroxyl groups is 5. The molecule has 7 atom stereocenters. The third-order valence-corrected chi connectivity index (χ3v) is 8.11. The summed E-state index contributed by atoms with van der Waals surface area (Å²) >= 11 is 0. The lowest BCUT2D eigenvalue weighted by atomic mass is 9.88. The summed E-state index contributed by atoms with van der Waals surface area (Å²) in [4.78, 5) is 21.4. The first-order chi connectivity index (χ1) is 21.0. The molecule has 2 rings (SSSR count). The van der Waals surface area contributed by atoms with Crippen LogP contribution in [-0.2, 0) is 0 Å². The van der Waals surface area contributed by atoms with Gasteiger partial charge in [0.1, 0.15) is 24.0 Å². The molecule has 0 spiro atoms. The van der Waals surface area contributed by atoms with E-state index in [2.05, 4.69) is 17.6 Å². The Morgan fingerprint density at radius 3 is 2.16 bits per heavy atom. The van der Waals surface area contributed by atoms with E-state index in [1.807, 2.05) is 13.0 Å². The Labute approximate surface area is 259 Å². The van der Waals surface area contributed by atoms with E-state index in [4.69, 9.17) is 0 Å². The van der Waals surface area contributed by atoms with Gasteiger partial charge in [-0.25, -0.2) is 0 Å². The van der Waals surface area contributed by atoms with Crippen molar-refractivity contribution < 1.29 is 35.4 Å². The lowest BCUT2D eigenvalue weighted by Crippen LogP contribution is -2.56. The molecular formula is C31H50N4O9. The minimum atomic E-state index is -1.56. The van der Waals surface area contributed by atoms with Crippen molar-refractivity contribution in [2.24, 2.45) is 5.92 Å². The molecule has 1 aromatic rings. The topological polar surface area (TPSA) is 211 Å². The molecule has 0 bridgehead atoms. The van der Waals surface area contributed by atoms with Gasteiger partial charge >= 0.3 is 0 Å². The number of hydrogen-bond acceptors (Lipinski definition) is 11. The molecular weight excluding hydrogens is 572 g/mol. The summed E-state index contributed by atoms with van der Waals surface area (Å²) in [6.07, 6.45) is 11.2. The highest BCUT2D eigenvalue weighted by molar-refractivity contribution is 5.65. The van der Waals surface area contributed by atoms with E-state index in [0.29, 0.717) is 0 Å². The van der Waals surface area contributed by atoms with Crippen LogP contribution in [0.25, 0.3) is 0 Å². The molecule has 0 radical (unpaired) electrons. The molecule has 0 heterocycles. The van der Waals surface area contributed by atoms with Crippen molar-refractivity contribution in [3.8, 4) is 0 Å². The van der Waals surface area contributed by atoms with Gasteiger partial charge in [-0.3, -0.25) is 20.2 Å². The summed E-state index contributed by atoms with van der Waals surface area (Å²) in [5.74, 6) is 0.170. The van der Waals surface area contributed by atoms with Gasteiger partial charge < -0.3 is 36.2 Å². The van der Waals surface area contributed by atoms with Crippen molar-refractivity contribution in [3.05, 3.63) is 62.2 Å². The second-order valence-electron chi connectivity index (χ2n) is 11.7. The minimum absolute atomic E-state index is 0.0474. The molecule has 0 saturated heterocycles. The lowest BCUT2D eigenvalue weighted by Gasteiger charge is -2.35. The minimum Gasteiger partial charge on any atom is -0.392 e. The zero-order chi connectivity index (χ0) is 32.6. The Hall–Kier alpha value is -2.94. The summed E-state index contributed by atoms with van der Waals surface area (Å²) in [5, 5.41) is 80.2. The van der Waals surface area contributed by atoms with Gasteiger partial charge in [0, 0.05) is 12.6 Å². The van der Waals surface area contributed by atoms with Gasteiger partial charge in [0.15, 0.2) is 0 Å². The van der Waals surface area contributed by atoms with Crippen LogP contribution in [0.3, 0.4) is 0 Å². The largest absolute Gasteiger partial charge is 0.392 e. The van der Waals surface area contributed by atoms with E-state index in [0.717, 1.165) is 31.4 Å². The van der Waals surface area contributed by atoms with Gasteiger partial charge in [-0.15, -0.1) is 0 Å². The molecule has 5 unspecified atom stereocenters. The van der Waals surface area contributed by atoms with Gasteiger partial charge in [-0.05, 0) is 24.0 Å². The van der Waals surface area contributed by atoms with E-state index >= 15 is 0 Å². The maximum atomic E-state index is 11.7. The fourth-order valence-corrected chi connectivity index (χ4v) is 5.31. The number of nitro groups is 2.